The molecular formula is C14H19Cl4N. The van der Waals surface area contributed by atoms with Crippen molar-refractivity contribution >= 4 is 46.4 Å². The van der Waals surface area contributed by atoms with Crippen LogP contribution < -0.4 is 5.32 Å². The van der Waals surface area contributed by atoms with E-state index in [0.29, 0.717) is 20.1 Å². The highest BCUT2D eigenvalue weighted by Gasteiger charge is 2.20. The van der Waals surface area contributed by atoms with Gasteiger partial charge >= 0.3 is 0 Å². The van der Waals surface area contributed by atoms with Gasteiger partial charge in [0, 0.05) is 11.6 Å². The number of rotatable bonds is 6. The summed E-state index contributed by atoms with van der Waals surface area (Å²) in [5, 5.41) is 5.19. The molecule has 1 nitrogen and oxygen atoms in total. The van der Waals surface area contributed by atoms with Crippen LogP contribution in [0.4, 0.5) is 0 Å². The standard InChI is InChI=1S/C14H19Cl4N/c1-4-19-8-14(2,3)6-5-9-10(15)7-11(16)13(18)12(9)17/h7,19H,4-6,8H2,1-3H3. The molecule has 0 saturated heterocycles. The van der Waals surface area contributed by atoms with Crippen LogP contribution in [0.3, 0.4) is 0 Å². The highest BCUT2D eigenvalue weighted by atomic mass is 35.5. The van der Waals surface area contributed by atoms with Crippen LogP contribution >= 0.6 is 46.4 Å². The summed E-state index contributed by atoms with van der Waals surface area (Å²) in [5.74, 6) is 0. The normalized spacial score (nSPS) is 11.9. The third kappa shape index (κ3) is 4.99. The molecule has 0 aromatic heterocycles. The molecule has 1 rings (SSSR count). The van der Waals surface area contributed by atoms with Crippen LogP contribution in [0.2, 0.25) is 20.1 Å². The Morgan fingerprint density at radius 1 is 1.05 bits per heavy atom. The Balaban J connectivity index is 2.81. The first-order valence-corrected chi connectivity index (χ1v) is 7.82. The lowest BCUT2D eigenvalue weighted by molar-refractivity contribution is 0.318. The Hall–Kier alpha value is 0.340. The molecule has 0 fully saturated rings. The fourth-order valence-electron chi connectivity index (χ4n) is 1.85. The SMILES string of the molecule is CCNCC(C)(C)CCc1c(Cl)cc(Cl)c(Cl)c1Cl. The van der Waals surface area contributed by atoms with Gasteiger partial charge < -0.3 is 5.32 Å². The fourth-order valence-corrected chi connectivity index (χ4v) is 2.97. The smallest absolute Gasteiger partial charge is 0.0782 e. The van der Waals surface area contributed by atoms with Crippen LogP contribution in [0.25, 0.3) is 0 Å². The molecule has 1 aromatic rings. The third-order valence-electron chi connectivity index (χ3n) is 3.11. The summed E-state index contributed by atoms with van der Waals surface area (Å²) >= 11 is 24.4. The summed E-state index contributed by atoms with van der Waals surface area (Å²) in [5.41, 5.74) is 1.05. The maximum absolute atomic E-state index is 6.22. The topological polar surface area (TPSA) is 12.0 Å². The van der Waals surface area contributed by atoms with Gasteiger partial charge in [-0.05, 0) is 36.4 Å². The van der Waals surface area contributed by atoms with Gasteiger partial charge in [-0.3, -0.25) is 0 Å². The molecule has 0 aliphatic heterocycles. The largest absolute Gasteiger partial charge is 0.316 e. The fraction of sp³-hybridized carbons (Fsp3) is 0.571. The zero-order valence-corrected chi connectivity index (χ0v) is 14.4. The molecule has 0 amide bonds. The van der Waals surface area contributed by atoms with Gasteiger partial charge in [0.25, 0.3) is 0 Å². The van der Waals surface area contributed by atoms with Crippen LogP contribution in [-0.4, -0.2) is 13.1 Å². The zero-order valence-electron chi connectivity index (χ0n) is 11.4. The molecular weight excluding hydrogens is 324 g/mol. The highest BCUT2D eigenvalue weighted by Crippen LogP contribution is 2.39. The average molecular weight is 343 g/mol. The second kappa shape index (κ2) is 7.38. The van der Waals surface area contributed by atoms with E-state index in [-0.39, 0.29) is 5.41 Å². The summed E-state index contributed by atoms with van der Waals surface area (Å²) in [6.07, 6.45) is 1.75. The zero-order chi connectivity index (χ0) is 14.6. The summed E-state index contributed by atoms with van der Waals surface area (Å²) in [4.78, 5) is 0. The Kier molecular flexibility index (Phi) is 6.75. The van der Waals surface area contributed by atoms with Gasteiger partial charge in [-0.15, -0.1) is 0 Å². The van der Waals surface area contributed by atoms with Crippen molar-refractivity contribution in [3.8, 4) is 0 Å². The molecule has 1 N–H and O–H groups in total. The number of nitrogens with one attached hydrogen (secondary N) is 1. The highest BCUT2D eigenvalue weighted by molar-refractivity contribution is 6.49. The van der Waals surface area contributed by atoms with E-state index in [4.69, 9.17) is 46.4 Å². The molecule has 0 heterocycles. The predicted molar refractivity (Wildman–Crippen MR) is 87.1 cm³/mol. The summed E-state index contributed by atoms with van der Waals surface area (Å²) in [6, 6.07) is 1.66. The van der Waals surface area contributed by atoms with E-state index in [1.807, 2.05) is 0 Å². The van der Waals surface area contributed by atoms with Gasteiger partial charge in [-0.1, -0.05) is 67.2 Å². The van der Waals surface area contributed by atoms with E-state index < -0.39 is 0 Å². The van der Waals surface area contributed by atoms with E-state index in [1.165, 1.54) is 0 Å². The van der Waals surface area contributed by atoms with Crippen molar-refractivity contribution in [2.75, 3.05) is 13.1 Å². The van der Waals surface area contributed by atoms with Gasteiger partial charge in [-0.2, -0.15) is 0 Å². The molecule has 0 saturated carbocycles. The van der Waals surface area contributed by atoms with E-state index in [0.717, 1.165) is 31.5 Å². The first-order chi connectivity index (χ1) is 8.78. The maximum atomic E-state index is 6.22. The molecule has 5 heteroatoms. The van der Waals surface area contributed by atoms with Crippen LogP contribution in [0.5, 0.6) is 0 Å². The number of benzene rings is 1. The molecule has 0 unspecified atom stereocenters. The van der Waals surface area contributed by atoms with Crippen molar-refractivity contribution in [3.63, 3.8) is 0 Å². The van der Waals surface area contributed by atoms with Gasteiger partial charge in [0.15, 0.2) is 0 Å². The Morgan fingerprint density at radius 2 is 1.68 bits per heavy atom. The Morgan fingerprint density at radius 3 is 2.26 bits per heavy atom. The first kappa shape index (κ1) is 17.4. The van der Waals surface area contributed by atoms with Crippen molar-refractivity contribution in [2.24, 2.45) is 5.41 Å². The third-order valence-corrected chi connectivity index (χ3v) is 4.75. The number of halogens is 4. The van der Waals surface area contributed by atoms with Crippen molar-refractivity contribution in [1.82, 2.24) is 5.32 Å². The van der Waals surface area contributed by atoms with Gasteiger partial charge in [0.2, 0.25) is 0 Å². The van der Waals surface area contributed by atoms with E-state index in [2.05, 4.69) is 26.1 Å². The van der Waals surface area contributed by atoms with Crippen LogP contribution in [0.15, 0.2) is 6.07 Å². The van der Waals surface area contributed by atoms with E-state index >= 15 is 0 Å². The summed E-state index contributed by atoms with van der Waals surface area (Å²) in [7, 11) is 0. The van der Waals surface area contributed by atoms with Crippen molar-refractivity contribution in [2.45, 2.75) is 33.6 Å². The maximum Gasteiger partial charge on any atom is 0.0782 e. The lowest BCUT2D eigenvalue weighted by Gasteiger charge is -2.25. The second-order valence-corrected chi connectivity index (χ2v) is 6.96. The quantitative estimate of drug-likeness (QED) is 0.503. The molecule has 0 aliphatic carbocycles. The molecule has 0 spiro atoms. The summed E-state index contributed by atoms with van der Waals surface area (Å²) in [6.45, 7) is 8.46. The van der Waals surface area contributed by atoms with E-state index in [1.54, 1.807) is 6.07 Å². The van der Waals surface area contributed by atoms with Crippen molar-refractivity contribution in [3.05, 3.63) is 31.7 Å². The van der Waals surface area contributed by atoms with Gasteiger partial charge in [0.1, 0.15) is 0 Å². The van der Waals surface area contributed by atoms with Crippen molar-refractivity contribution < 1.29 is 0 Å². The summed E-state index contributed by atoms with van der Waals surface area (Å²) < 4.78 is 0. The lowest BCUT2D eigenvalue weighted by atomic mass is 9.86. The molecule has 108 valence electrons. The molecule has 0 atom stereocenters. The Labute approximate surface area is 135 Å². The van der Waals surface area contributed by atoms with Crippen LogP contribution in [0, 0.1) is 5.41 Å². The number of hydrogen-bond acceptors (Lipinski definition) is 1. The van der Waals surface area contributed by atoms with Crippen molar-refractivity contribution in [1.29, 1.82) is 0 Å². The van der Waals surface area contributed by atoms with Crippen LogP contribution in [-0.2, 0) is 6.42 Å². The van der Waals surface area contributed by atoms with Gasteiger partial charge in [-0.25, -0.2) is 0 Å². The van der Waals surface area contributed by atoms with Gasteiger partial charge in [0.05, 0.1) is 15.1 Å². The lowest BCUT2D eigenvalue weighted by Crippen LogP contribution is -2.29. The minimum absolute atomic E-state index is 0.175. The molecule has 1 aromatic carbocycles. The minimum Gasteiger partial charge on any atom is -0.316 e. The average Bonchev–Trinajstić information content (AvgIpc) is 2.33. The minimum atomic E-state index is 0.175. The molecule has 19 heavy (non-hydrogen) atoms. The first-order valence-electron chi connectivity index (χ1n) is 6.31. The monoisotopic (exact) mass is 341 g/mol. The predicted octanol–water partition coefficient (Wildman–Crippen LogP) is 5.87. The molecule has 0 radical (unpaired) electrons. The molecule has 0 aliphatic rings. The van der Waals surface area contributed by atoms with Crippen LogP contribution in [0.1, 0.15) is 32.8 Å². The Bertz CT molecular complexity index is 444. The number of hydrogen-bond donors (Lipinski definition) is 1. The second-order valence-electron chi connectivity index (χ2n) is 5.39. The molecule has 0 bridgehead atoms. The van der Waals surface area contributed by atoms with E-state index in [9.17, 15) is 0 Å².